The van der Waals surface area contributed by atoms with Crippen molar-refractivity contribution in [1.82, 2.24) is 9.80 Å². The molecular weight excluding hydrogens is 400 g/mol. The number of nitrogens with zero attached hydrogens (tertiary/aromatic N) is 2. The van der Waals surface area contributed by atoms with Crippen LogP contribution < -0.4 is 4.74 Å². The summed E-state index contributed by atoms with van der Waals surface area (Å²) < 4.78 is 10.6. The zero-order valence-electron chi connectivity index (χ0n) is 18.5. The largest absolute Gasteiger partial charge is 0.497 e. The molecule has 0 radical (unpaired) electrons. The maximum atomic E-state index is 12.3. The lowest BCUT2D eigenvalue weighted by atomic mass is 9.96. The fourth-order valence-electron chi connectivity index (χ4n) is 4.21. The normalized spacial score (nSPS) is 14.9. The highest BCUT2D eigenvalue weighted by Crippen LogP contribution is 2.29. The monoisotopic (exact) mass is 430 g/mol. The van der Waals surface area contributed by atoms with Crippen molar-refractivity contribution in [3.8, 4) is 5.75 Å². The van der Waals surface area contributed by atoms with Crippen LogP contribution in [0.1, 0.15) is 27.5 Å². The molecule has 1 aliphatic rings. The molecule has 5 nitrogen and oxygen atoms in total. The molecule has 1 fully saturated rings. The zero-order valence-corrected chi connectivity index (χ0v) is 18.5. The Kier molecular flexibility index (Phi) is 7.54. The summed E-state index contributed by atoms with van der Waals surface area (Å²) in [5, 5.41) is 0. The van der Waals surface area contributed by atoms with E-state index in [2.05, 4.69) is 70.5 Å². The first kappa shape index (κ1) is 22.1. The van der Waals surface area contributed by atoms with Gasteiger partial charge in [0.15, 0.2) is 0 Å². The highest BCUT2D eigenvalue weighted by molar-refractivity contribution is 5.89. The van der Waals surface area contributed by atoms with Gasteiger partial charge in [0, 0.05) is 32.7 Å². The van der Waals surface area contributed by atoms with Crippen molar-refractivity contribution in [2.75, 3.05) is 46.4 Å². The minimum atomic E-state index is -0.292. The van der Waals surface area contributed by atoms with E-state index in [0.717, 1.165) is 38.5 Å². The lowest BCUT2D eigenvalue weighted by molar-refractivity contribution is 0.0407. The summed E-state index contributed by atoms with van der Waals surface area (Å²) in [6.07, 6.45) is 0. The van der Waals surface area contributed by atoms with Crippen molar-refractivity contribution in [3.05, 3.63) is 102 Å². The van der Waals surface area contributed by atoms with E-state index in [1.54, 1.807) is 31.4 Å². The van der Waals surface area contributed by atoms with Gasteiger partial charge in [0.25, 0.3) is 0 Å². The number of rotatable bonds is 8. The average Bonchev–Trinajstić information content (AvgIpc) is 2.86. The molecular formula is C27H30N2O3. The van der Waals surface area contributed by atoms with Gasteiger partial charge in [0.1, 0.15) is 12.4 Å². The van der Waals surface area contributed by atoms with Crippen molar-refractivity contribution in [2.24, 2.45) is 0 Å². The molecule has 0 spiro atoms. The number of benzene rings is 3. The van der Waals surface area contributed by atoms with Crippen LogP contribution in [-0.4, -0.2) is 62.2 Å². The van der Waals surface area contributed by atoms with E-state index >= 15 is 0 Å². The SMILES string of the molecule is COc1ccc(C(=O)OCCN2CCN(C(c3ccccc3)c3ccccc3)CC2)cc1. The fraction of sp³-hybridized carbons (Fsp3) is 0.296. The second kappa shape index (κ2) is 10.9. The van der Waals surface area contributed by atoms with Gasteiger partial charge in [-0.25, -0.2) is 4.79 Å². The number of hydrogen-bond donors (Lipinski definition) is 0. The highest BCUT2D eigenvalue weighted by Gasteiger charge is 2.26. The van der Waals surface area contributed by atoms with Crippen molar-refractivity contribution in [2.45, 2.75) is 6.04 Å². The topological polar surface area (TPSA) is 42.0 Å². The standard InChI is InChI=1S/C27H30N2O3/c1-31-25-14-12-24(13-15-25)27(30)32-21-20-28-16-18-29(19-17-28)26(22-8-4-2-5-9-22)23-10-6-3-7-11-23/h2-15,26H,16-21H2,1H3. The molecule has 32 heavy (non-hydrogen) atoms. The number of piperazine rings is 1. The summed E-state index contributed by atoms with van der Waals surface area (Å²) in [7, 11) is 1.61. The highest BCUT2D eigenvalue weighted by atomic mass is 16.5. The van der Waals surface area contributed by atoms with E-state index in [1.807, 2.05) is 0 Å². The summed E-state index contributed by atoms with van der Waals surface area (Å²) in [5.41, 5.74) is 3.19. The Morgan fingerprint density at radius 1 is 0.812 bits per heavy atom. The molecule has 0 aliphatic carbocycles. The summed E-state index contributed by atoms with van der Waals surface area (Å²) in [4.78, 5) is 17.2. The number of carbonyl (C=O) groups is 1. The lowest BCUT2D eigenvalue weighted by Gasteiger charge is -2.39. The van der Waals surface area contributed by atoms with Gasteiger partial charge in [-0.05, 0) is 35.4 Å². The molecule has 0 unspecified atom stereocenters. The molecule has 0 saturated carbocycles. The predicted molar refractivity (Wildman–Crippen MR) is 126 cm³/mol. The maximum absolute atomic E-state index is 12.3. The van der Waals surface area contributed by atoms with Crippen LogP contribution in [0.15, 0.2) is 84.9 Å². The molecule has 0 atom stereocenters. The number of carbonyl (C=O) groups excluding carboxylic acids is 1. The Hall–Kier alpha value is -3.15. The summed E-state index contributed by atoms with van der Waals surface area (Å²) in [6.45, 7) is 5.00. The quantitative estimate of drug-likeness (QED) is 0.500. The van der Waals surface area contributed by atoms with E-state index in [0.29, 0.717) is 12.2 Å². The molecule has 1 heterocycles. The zero-order chi connectivity index (χ0) is 22.2. The molecule has 0 amide bonds. The number of ether oxygens (including phenoxy) is 2. The van der Waals surface area contributed by atoms with Gasteiger partial charge >= 0.3 is 5.97 Å². The van der Waals surface area contributed by atoms with Crippen LogP contribution in [-0.2, 0) is 4.74 Å². The third kappa shape index (κ3) is 5.55. The Bertz CT molecular complexity index is 929. The van der Waals surface area contributed by atoms with Crippen LogP contribution in [0, 0.1) is 0 Å². The van der Waals surface area contributed by atoms with E-state index in [9.17, 15) is 4.79 Å². The average molecular weight is 431 g/mol. The van der Waals surface area contributed by atoms with Gasteiger partial charge in [-0.1, -0.05) is 60.7 Å². The third-order valence-corrected chi connectivity index (χ3v) is 5.97. The second-order valence-electron chi connectivity index (χ2n) is 7.97. The van der Waals surface area contributed by atoms with E-state index in [-0.39, 0.29) is 12.0 Å². The van der Waals surface area contributed by atoms with Crippen molar-refractivity contribution in [1.29, 1.82) is 0 Å². The van der Waals surface area contributed by atoms with Crippen molar-refractivity contribution in [3.63, 3.8) is 0 Å². The van der Waals surface area contributed by atoms with E-state index in [1.165, 1.54) is 11.1 Å². The fourth-order valence-corrected chi connectivity index (χ4v) is 4.21. The molecule has 0 aromatic heterocycles. The number of hydrogen-bond acceptors (Lipinski definition) is 5. The Balaban J connectivity index is 1.29. The number of methoxy groups -OCH3 is 1. The molecule has 1 saturated heterocycles. The predicted octanol–water partition coefficient (Wildman–Crippen LogP) is 4.26. The first-order chi connectivity index (χ1) is 15.7. The summed E-state index contributed by atoms with van der Waals surface area (Å²) >= 11 is 0. The lowest BCUT2D eigenvalue weighted by Crippen LogP contribution is -2.48. The Morgan fingerprint density at radius 3 is 1.91 bits per heavy atom. The maximum Gasteiger partial charge on any atom is 0.338 e. The molecule has 0 bridgehead atoms. The minimum Gasteiger partial charge on any atom is -0.497 e. The number of esters is 1. The van der Waals surface area contributed by atoms with Crippen LogP contribution in [0.3, 0.4) is 0 Å². The van der Waals surface area contributed by atoms with Gasteiger partial charge in [0.2, 0.25) is 0 Å². The third-order valence-electron chi connectivity index (χ3n) is 5.97. The molecule has 3 aromatic carbocycles. The van der Waals surface area contributed by atoms with Crippen LogP contribution in [0.4, 0.5) is 0 Å². The molecule has 0 N–H and O–H groups in total. The molecule has 3 aromatic rings. The van der Waals surface area contributed by atoms with Crippen molar-refractivity contribution < 1.29 is 14.3 Å². The first-order valence-electron chi connectivity index (χ1n) is 11.1. The molecule has 4 rings (SSSR count). The van der Waals surface area contributed by atoms with Crippen LogP contribution in [0.25, 0.3) is 0 Å². The first-order valence-corrected chi connectivity index (χ1v) is 11.1. The van der Waals surface area contributed by atoms with Gasteiger partial charge in [-0.15, -0.1) is 0 Å². The Morgan fingerprint density at radius 2 is 1.38 bits per heavy atom. The molecule has 1 aliphatic heterocycles. The van der Waals surface area contributed by atoms with E-state index in [4.69, 9.17) is 9.47 Å². The summed E-state index contributed by atoms with van der Waals surface area (Å²) in [6, 6.07) is 28.7. The molecule has 5 heteroatoms. The smallest absolute Gasteiger partial charge is 0.338 e. The van der Waals surface area contributed by atoms with Gasteiger partial charge < -0.3 is 9.47 Å². The van der Waals surface area contributed by atoms with Gasteiger partial charge in [-0.3, -0.25) is 9.80 Å². The van der Waals surface area contributed by atoms with Gasteiger partial charge in [0.05, 0.1) is 18.7 Å². The molecule has 166 valence electrons. The van der Waals surface area contributed by atoms with E-state index < -0.39 is 0 Å². The summed E-state index contributed by atoms with van der Waals surface area (Å²) in [5.74, 6) is 0.434. The second-order valence-corrected chi connectivity index (χ2v) is 7.97. The van der Waals surface area contributed by atoms with Gasteiger partial charge in [-0.2, -0.15) is 0 Å². The van der Waals surface area contributed by atoms with Crippen LogP contribution >= 0.6 is 0 Å². The van der Waals surface area contributed by atoms with Crippen LogP contribution in [0.2, 0.25) is 0 Å². The van der Waals surface area contributed by atoms with Crippen molar-refractivity contribution >= 4 is 5.97 Å². The minimum absolute atomic E-state index is 0.257. The Labute approximate surface area is 190 Å². The van der Waals surface area contributed by atoms with Crippen LogP contribution in [0.5, 0.6) is 5.75 Å².